The topological polar surface area (TPSA) is 309 Å². The molecule has 2 aliphatic heterocycles. The fraction of sp³-hybridized carbons (Fsp3) is 0.767. The van der Waals surface area contributed by atoms with Crippen molar-refractivity contribution in [2.45, 2.75) is 236 Å². The number of hydrogen-bond acceptors (Lipinski definition) is 12. The molecule has 1 unspecified atom stereocenters. The minimum Gasteiger partial charge on any atom is -0.479 e. The number of amides is 4. The number of nitrogens with two attached hydrogens (primary N) is 8. The fourth-order valence-corrected chi connectivity index (χ4v) is 8.53. The van der Waals surface area contributed by atoms with Gasteiger partial charge in [0, 0.05) is 76.5 Å². The molecule has 0 spiro atoms. The van der Waals surface area contributed by atoms with Gasteiger partial charge in [-0.1, -0.05) is 46.6 Å². The summed E-state index contributed by atoms with van der Waals surface area (Å²) in [5.74, 6) is 0. The summed E-state index contributed by atoms with van der Waals surface area (Å²) in [4.78, 5) is 56.1. The number of nitrogens with one attached hydrogen (secondary N) is 4. The molecule has 3 rings (SSSR count). The van der Waals surface area contributed by atoms with Crippen molar-refractivity contribution in [3.05, 3.63) is 86.5 Å². The van der Waals surface area contributed by atoms with Gasteiger partial charge in [-0.25, -0.2) is 19.2 Å². The van der Waals surface area contributed by atoms with E-state index in [1.165, 1.54) is 97.1 Å². The number of rotatable bonds is 34. The second-order valence-electron chi connectivity index (χ2n) is 27.5. The lowest BCUT2D eigenvalue weighted by molar-refractivity contribution is -0.596. The molecular weight excluding hydrogens is 1230 g/mol. The molecule has 0 aromatic carbocycles. The third-order valence-electron chi connectivity index (χ3n) is 13.5. The molecule has 1 aromatic heterocycles. The average molecular weight is 1390 g/mol. The molecule has 20 N–H and O–H groups in total. The Morgan fingerprint density at radius 2 is 0.866 bits per heavy atom. The average Bonchev–Trinajstić information content (AvgIpc) is 2.36. The van der Waals surface area contributed by atoms with Crippen LogP contribution in [0.25, 0.3) is 0 Å². The Kier molecular flexibility index (Phi) is 76.6. The Balaban J connectivity index is -0.000000245. The van der Waals surface area contributed by atoms with E-state index in [9.17, 15) is 19.2 Å². The number of likely N-dealkylation sites (N-methyl/N-ethyl adjacent to an activating group) is 1. The van der Waals surface area contributed by atoms with Crippen molar-refractivity contribution >= 4 is 24.4 Å². The normalized spacial score (nSPS) is 13.7. The van der Waals surface area contributed by atoms with Gasteiger partial charge in [-0.3, -0.25) is 14.8 Å². The van der Waals surface area contributed by atoms with Gasteiger partial charge in [0.25, 0.3) is 0 Å². The molecule has 0 radical (unpaired) electrons. The molecule has 2 fully saturated rings. The Labute approximate surface area is 596 Å². The van der Waals surface area contributed by atoms with Crippen LogP contribution in [0.3, 0.4) is 0 Å². The van der Waals surface area contributed by atoms with E-state index in [2.05, 4.69) is 118 Å². The summed E-state index contributed by atoms with van der Waals surface area (Å²) in [6.45, 7) is 49.6. The SMILES string of the molecule is C.[CH2-][NH2+]CCCCCCNC(=O)OC(C)(C)C.[CH2-][NH2+]CCCCNC(=O)OC(C)(C)C.[CH2-][NH2+]CCCN1CCCCC1C.[CH2-][NH2+]CCCNC(=O)OC(C)(C)C.[CH2-][NH2+]CCN(CC)CC.[CH2-][NH2+]CCN1CCCCC1.[CH2-][NH2+]CCNC(=O)OC(C)(C)C.[CH2-][NH2+]CCc1ccccn1. The summed E-state index contributed by atoms with van der Waals surface area (Å²) >= 11 is 0. The highest BCUT2D eigenvalue weighted by atomic mass is 16.6. The van der Waals surface area contributed by atoms with Crippen LogP contribution in [0.5, 0.6) is 0 Å². The maximum atomic E-state index is 11.2. The molecule has 1 atom stereocenters. The van der Waals surface area contributed by atoms with Crippen LogP contribution in [-0.2, 0) is 25.4 Å². The number of carbonyl (C=O) groups is 4. The minimum atomic E-state index is -0.418. The van der Waals surface area contributed by atoms with Crippen molar-refractivity contribution < 1.29 is 80.7 Å². The molecule has 24 nitrogen and oxygen atoms in total. The standard InChI is InChI=1S/C12H26N2O2.C10H22N2O2.C10H22N2.C9H20N2O2.C8H18N2O2.C8H12N2.C8H18N2.C7H18N2.CH4/c1-12(2,3)16-11(15)14-10-8-6-5-7-9-13-4;1-10(2,3)14-9(13)12-8-6-5-7-11-4;1-10-6-3-4-8-12(10)9-5-7-11-2;1-9(2,3)13-8(12)11-7-5-6-10-4;1-8(2,3)12-7(11)10-6-5-9-4;1-9-7-5-8-4-2-3-6-10-8;1-9-5-8-10-6-3-2-4-7-10;1-4-9(5-2)7-6-8-3;/h4-10,13H2,1-3H3,(H,14,15);4-8,11H2,1-3H3,(H,12,13);10H,2-9,11H2,1H3;4-7,10H2,1-3H3,(H,11,12);4-6,9H2,1-3H3,(H,10,11);2-4,6H,1,5,7,9H2;1-9H2;3-8H2,1-2H3;1H4. The second kappa shape index (κ2) is 71.6. The number of carbonyl (C=O) groups excluding carboxylic acids is 4. The molecule has 0 bridgehead atoms. The molecule has 4 amide bonds. The molecule has 0 aliphatic carbocycles. The Hall–Kier alpha value is -4.21. The number of pyridine rings is 1. The Morgan fingerprint density at radius 3 is 1.28 bits per heavy atom. The number of likely N-dealkylation sites (tertiary alicyclic amines) is 2. The van der Waals surface area contributed by atoms with Crippen LogP contribution >= 0.6 is 0 Å². The highest BCUT2D eigenvalue weighted by Gasteiger charge is 2.19. The smallest absolute Gasteiger partial charge is 0.407 e. The van der Waals surface area contributed by atoms with Crippen LogP contribution in [0.15, 0.2) is 24.4 Å². The summed E-state index contributed by atoms with van der Waals surface area (Å²) in [7, 11) is 29.2. The van der Waals surface area contributed by atoms with Crippen LogP contribution in [0, 0.1) is 56.4 Å². The summed E-state index contributed by atoms with van der Waals surface area (Å²) in [6, 6.07) is 6.79. The predicted octanol–water partition coefficient (Wildman–Crippen LogP) is 2.93. The third-order valence-corrected chi connectivity index (χ3v) is 13.5. The van der Waals surface area contributed by atoms with Gasteiger partial charge in [0.2, 0.25) is 0 Å². The number of ether oxygens (including phenoxy) is 4. The molecule has 97 heavy (non-hydrogen) atoms. The van der Waals surface area contributed by atoms with Crippen LogP contribution in [0.1, 0.15) is 207 Å². The van der Waals surface area contributed by atoms with Gasteiger partial charge in [-0.15, -0.1) is 0 Å². The number of piperidine rings is 2. The largest absolute Gasteiger partial charge is 0.479 e. The quantitative estimate of drug-likeness (QED) is 0.0270. The van der Waals surface area contributed by atoms with Crippen LogP contribution < -0.4 is 63.8 Å². The number of aromatic nitrogens is 1. The monoisotopic (exact) mass is 1390 g/mol. The Bertz CT molecular complexity index is 1830. The fourth-order valence-electron chi connectivity index (χ4n) is 8.53. The number of quaternary nitrogens is 8. The van der Waals surface area contributed by atoms with Gasteiger partial charge in [0.1, 0.15) is 22.4 Å². The number of nitrogens with zero attached hydrogens (tertiary/aromatic N) is 4. The van der Waals surface area contributed by atoms with E-state index in [1.807, 2.05) is 145 Å². The van der Waals surface area contributed by atoms with E-state index in [0.717, 1.165) is 116 Å². The maximum Gasteiger partial charge on any atom is 0.407 e. The van der Waals surface area contributed by atoms with Gasteiger partial charge in [-0.2, -0.15) is 56.4 Å². The summed E-state index contributed by atoms with van der Waals surface area (Å²) in [5.41, 5.74) is -0.512. The third kappa shape index (κ3) is 89.8. The lowest BCUT2D eigenvalue weighted by Gasteiger charge is -2.33. The van der Waals surface area contributed by atoms with Crippen LogP contribution in [0.4, 0.5) is 19.2 Å². The first-order chi connectivity index (χ1) is 45.4. The van der Waals surface area contributed by atoms with E-state index < -0.39 is 22.4 Å². The molecule has 3 heterocycles. The molecule has 1 aromatic rings. The van der Waals surface area contributed by atoms with Gasteiger partial charge < -0.3 is 87.6 Å². The second-order valence-corrected chi connectivity index (χ2v) is 27.5. The zero-order valence-corrected chi connectivity index (χ0v) is 64.5. The van der Waals surface area contributed by atoms with Gasteiger partial charge in [0.15, 0.2) is 0 Å². The van der Waals surface area contributed by atoms with Gasteiger partial charge >= 0.3 is 24.4 Å². The minimum absolute atomic E-state index is 0. The van der Waals surface area contributed by atoms with E-state index in [-0.39, 0.29) is 31.8 Å². The molecule has 24 heteroatoms. The van der Waals surface area contributed by atoms with E-state index in [4.69, 9.17) is 18.9 Å². The number of alkyl carbamates (subject to hydrolysis) is 4. The van der Waals surface area contributed by atoms with Crippen molar-refractivity contribution in [2.75, 3.05) is 131 Å². The molecule has 2 saturated heterocycles. The maximum absolute atomic E-state index is 11.2. The van der Waals surface area contributed by atoms with E-state index >= 15 is 0 Å². The lowest BCUT2D eigenvalue weighted by Crippen LogP contribution is -2.78. The first-order valence-corrected chi connectivity index (χ1v) is 36.2. The van der Waals surface area contributed by atoms with E-state index in [1.54, 1.807) is 5.32 Å². The highest BCUT2D eigenvalue weighted by Crippen LogP contribution is 2.16. The Morgan fingerprint density at radius 1 is 0.474 bits per heavy atom. The van der Waals surface area contributed by atoms with E-state index in [0.29, 0.717) is 26.2 Å². The number of hydrogen-bond donors (Lipinski definition) is 12. The molecule has 2 aliphatic rings. The van der Waals surface area contributed by atoms with Crippen molar-refractivity contribution in [1.29, 1.82) is 0 Å². The van der Waals surface area contributed by atoms with Crippen LogP contribution in [0.2, 0.25) is 0 Å². The first kappa shape index (κ1) is 104. The van der Waals surface area contributed by atoms with Crippen molar-refractivity contribution in [3.8, 4) is 0 Å². The first-order valence-electron chi connectivity index (χ1n) is 36.2. The zero-order valence-electron chi connectivity index (χ0n) is 64.5. The summed E-state index contributed by atoms with van der Waals surface area (Å²) < 4.78 is 20.2. The highest BCUT2D eigenvalue weighted by molar-refractivity contribution is 5.68. The molecule has 580 valence electrons. The van der Waals surface area contributed by atoms with Crippen LogP contribution in [-0.4, -0.2) is 203 Å². The molecular formula is C73H160N16O8. The van der Waals surface area contributed by atoms with Gasteiger partial charge in [0.05, 0.1) is 58.9 Å². The number of unbranched alkanes of at least 4 members (excludes halogenated alkanes) is 4. The molecule has 0 saturated carbocycles. The van der Waals surface area contributed by atoms with Crippen molar-refractivity contribution in [1.82, 2.24) is 41.0 Å². The van der Waals surface area contributed by atoms with Crippen molar-refractivity contribution in [3.63, 3.8) is 0 Å². The van der Waals surface area contributed by atoms with Crippen molar-refractivity contribution in [2.24, 2.45) is 0 Å². The summed E-state index contributed by atoms with van der Waals surface area (Å²) in [6.07, 6.45) is 18.7. The van der Waals surface area contributed by atoms with Gasteiger partial charge in [-0.05, 0) is 193 Å². The summed E-state index contributed by atoms with van der Waals surface area (Å²) in [5, 5.41) is 26.0. The predicted molar refractivity (Wildman–Crippen MR) is 399 cm³/mol. The lowest BCUT2D eigenvalue weighted by atomic mass is 10.0. The zero-order chi connectivity index (χ0) is 73.8.